The number of rotatable bonds is 7. The zero-order chi connectivity index (χ0) is 17.8. The Bertz CT molecular complexity index is 972. The van der Waals surface area contributed by atoms with Crippen molar-refractivity contribution in [3.05, 3.63) is 57.0 Å². The maximum Gasteiger partial charge on any atom is 0.330 e. The molecule has 0 aliphatic carbocycles. The summed E-state index contributed by atoms with van der Waals surface area (Å²) in [5.74, 6) is 1.46. The average Bonchev–Trinajstić information content (AvgIpc) is 2.99. The Morgan fingerprint density at radius 1 is 1.12 bits per heavy atom. The van der Waals surface area contributed by atoms with Gasteiger partial charge in [0.25, 0.3) is 5.56 Å². The standard InChI is InChI=1S/C18H22N4O2S/c1-3-5-11-22-16-15(17(23)20-18(22)24)21(4-2)14(19-16)12-25-13-9-7-6-8-10-13/h6-10H,3-5,11-12H2,1-2H3,(H,20,23,24). The molecule has 0 aliphatic heterocycles. The highest BCUT2D eigenvalue weighted by Crippen LogP contribution is 2.23. The molecule has 25 heavy (non-hydrogen) atoms. The minimum Gasteiger partial charge on any atom is -0.322 e. The van der Waals surface area contributed by atoms with Crippen LogP contribution in [0.25, 0.3) is 11.2 Å². The van der Waals surface area contributed by atoms with Crippen LogP contribution in [0.15, 0.2) is 44.8 Å². The lowest BCUT2D eigenvalue weighted by molar-refractivity contribution is 0.613. The largest absolute Gasteiger partial charge is 0.330 e. The van der Waals surface area contributed by atoms with E-state index in [9.17, 15) is 9.59 Å². The summed E-state index contributed by atoms with van der Waals surface area (Å²) < 4.78 is 3.50. The van der Waals surface area contributed by atoms with Gasteiger partial charge in [0.05, 0.1) is 5.75 Å². The molecule has 3 aromatic rings. The topological polar surface area (TPSA) is 72.7 Å². The van der Waals surface area contributed by atoms with Crippen LogP contribution in [0, 0.1) is 0 Å². The fourth-order valence-corrected chi connectivity index (χ4v) is 3.72. The maximum atomic E-state index is 12.4. The Kier molecular flexibility index (Phi) is 5.43. The smallest absolute Gasteiger partial charge is 0.322 e. The SMILES string of the molecule is CCCCn1c(=O)[nH]c(=O)c2c1nc(CSc1ccccc1)n2CC. The first kappa shape index (κ1) is 17.5. The Morgan fingerprint density at radius 2 is 1.88 bits per heavy atom. The number of imidazole rings is 1. The van der Waals surface area contributed by atoms with E-state index in [-0.39, 0.29) is 11.2 Å². The van der Waals surface area contributed by atoms with Crippen LogP contribution in [0.2, 0.25) is 0 Å². The third-order valence-electron chi connectivity index (χ3n) is 4.13. The number of thioether (sulfide) groups is 1. The van der Waals surface area contributed by atoms with E-state index in [1.165, 1.54) is 0 Å². The molecular weight excluding hydrogens is 336 g/mol. The molecule has 1 N–H and O–H groups in total. The molecule has 3 rings (SSSR count). The second-order valence-corrected chi connectivity index (χ2v) is 6.86. The van der Waals surface area contributed by atoms with Crippen LogP contribution >= 0.6 is 11.8 Å². The molecule has 0 atom stereocenters. The van der Waals surface area contributed by atoms with Crippen molar-refractivity contribution in [3.8, 4) is 0 Å². The van der Waals surface area contributed by atoms with Crippen molar-refractivity contribution in [2.24, 2.45) is 0 Å². The zero-order valence-electron chi connectivity index (χ0n) is 14.5. The molecule has 0 radical (unpaired) electrons. The fraction of sp³-hybridized carbons (Fsp3) is 0.389. The molecule has 0 unspecified atom stereocenters. The lowest BCUT2D eigenvalue weighted by Gasteiger charge is -2.06. The summed E-state index contributed by atoms with van der Waals surface area (Å²) in [5.41, 5.74) is 0.238. The molecule has 2 heterocycles. The number of fused-ring (bicyclic) bond motifs is 1. The van der Waals surface area contributed by atoms with Gasteiger partial charge in [-0.15, -0.1) is 11.8 Å². The molecule has 0 fully saturated rings. The number of H-pyrrole nitrogens is 1. The number of benzene rings is 1. The number of hydrogen-bond donors (Lipinski definition) is 1. The van der Waals surface area contributed by atoms with Crippen LogP contribution in [0.5, 0.6) is 0 Å². The first-order chi connectivity index (χ1) is 12.2. The summed E-state index contributed by atoms with van der Waals surface area (Å²) in [6.45, 7) is 5.25. The van der Waals surface area contributed by atoms with Crippen molar-refractivity contribution >= 4 is 22.9 Å². The highest BCUT2D eigenvalue weighted by molar-refractivity contribution is 7.98. The molecule has 2 aromatic heterocycles. The maximum absolute atomic E-state index is 12.4. The summed E-state index contributed by atoms with van der Waals surface area (Å²) in [7, 11) is 0. The Morgan fingerprint density at radius 3 is 2.56 bits per heavy atom. The van der Waals surface area contributed by atoms with Crippen molar-refractivity contribution < 1.29 is 0 Å². The molecule has 0 bridgehead atoms. The van der Waals surface area contributed by atoms with Gasteiger partial charge < -0.3 is 4.57 Å². The van der Waals surface area contributed by atoms with Crippen LogP contribution in [0.3, 0.4) is 0 Å². The number of unbranched alkanes of at least 4 members (excludes halogenated alkanes) is 1. The average molecular weight is 358 g/mol. The van der Waals surface area contributed by atoms with Gasteiger partial charge in [-0.3, -0.25) is 14.3 Å². The summed E-state index contributed by atoms with van der Waals surface area (Å²) in [4.78, 5) is 32.8. The summed E-state index contributed by atoms with van der Waals surface area (Å²) in [6, 6.07) is 10.1. The van der Waals surface area contributed by atoms with E-state index in [4.69, 9.17) is 0 Å². The Labute approximate surface area is 149 Å². The van der Waals surface area contributed by atoms with Gasteiger partial charge in [-0.2, -0.15) is 0 Å². The van der Waals surface area contributed by atoms with Gasteiger partial charge >= 0.3 is 5.69 Å². The molecule has 0 aliphatic rings. The Balaban J connectivity index is 2.05. The summed E-state index contributed by atoms with van der Waals surface area (Å²) >= 11 is 1.67. The van der Waals surface area contributed by atoms with Gasteiger partial charge in [-0.25, -0.2) is 9.78 Å². The molecule has 7 heteroatoms. The number of nitrogens with zero attached hydrogens (tertiary/aromatic N) is 3. The quantitative estimate of drug-likeness (QED) is 0.659. The molecular formula is C18H22N4O2S. The predicted octanol–water partition coefficient (Wildman–Crippen LogP) is 3.00. The van der Waals surface area contributed by atoms with E-state index in [0.717, 1.165) is 23.6 Å². The van der Waals surface area contributed by atoms with Gasteiger partial charge in [-0.1, -0.05) is 31.5 Å². The van der Waals surface area contributed by atoms with Crippen molar-refractivity contribution in [3.63, 3.8) is 0 Å². The molecule has 0 spiro atoms. The normalized spacial score (nSPS) is 11.3. The molecule has 0 amide bonds. The zero-order valence-corrected chi connectivity index (χ0v) is 15.3. The van der Waals surface area contributed by atoms with E-state index in [1.807, 2.05) is 41.8 Å². The number of nitrogens with one attached hydrogen (secondary N) is 1. The molecule has 132 valence electrons. The van der Waals surface area contributed by atoms with Crippen molar-refractivity contribution in [2.75, 3.05) is 0 Å². The van der Waals surface area contributed by atoms with Gasteiger partial charge in [0.2, 0.25) is 0 Å². The number of aromatic nitrogens is 4. The summed E-state index contributed by atoms with van der Waals surface area (Å²) in [6.07, 6.45) is 1.84. The van der Waals surface area contributed by atoms with E-state index < -0.39 is 0 Å². The van der Waals surface area contributed by atoms with Crippen LogP contribution < -0.4 is 11.2 Å². The second-order valence-electron chi connectivity index (χ2n) is 5.81. The molecule has 0 saturated heterocycles. The van der Waals surface area contributed by atoms with E-state index in [0.29, 0.717) is 30.0 Å². The molecule has 0 saturated carbocycles. The minimum absolute atomic E-state index is 0.363. The monoisotopic (exact) mass is 358 g/mol. The third-order valence-corrected chi connectivity index (χ3v) is 5.14. The van der Waals surface area contributed by atoms with Crippen LogP contribution in [0.4, 0.5) is 0 Å². The minimum atomic E-state index is -0.381. The van der Waals surface area contributed by atoms with Crippen molar-refractivity contribution in [1.82, 2.24) is 19.1 Å². The molecule has 6 nitrogen and oxygen atoms in total. The number of hydrogen-bond acceptors (Lipinski definition) is 4. The van der Waals surface area contributed by atoms with Gasteiger partial charge in [0.1, 0.15) is 5.82 Å². The first-order valence-corrected chi connectivity index (χ1v) is 9.54. The number of aryl methyl sites for hydroxylation is 2. The lowest BCUT2D eigenvalue weighted by atomic mass is 10.3. The predicted molar refractivity (Wildman–Crippen MR) is 101 cm³/mol. The van der Waals surface area contributed by atoms with Crippen molar-refractivity contribution in [2.45, 2.75) is 50.4 Å². The van der Waals surface area contributed by atoms with E-state index in [1.54, 1.807) is 16.3 Å². The lowest BCUT2D eigenvalue weighted by Crippen LogP contribution is -2.31. The van der Waals surface area contributed by atoms with Crippen LogP contribution in [0.1, 0.15) is 32.5 Å². The van der Waals surface area contributed by atoms with Crippen LogP contribution in [-0.2, 0) is 18.8 Å². The highest BCUT2D eigenvalue weighted by Gasteiger charge is 2.17. The van der Waals surface area contributed by atoms with Gasteiger partial charge in [-0.05, 0) is 25.5 Å². The summed E-state index contributed by atoms with van der Waals surface area (Å²) in [5, 5.41) is 0. The third kappa shape index (κ3) is 3.56. The fourth-order valence-electron chi connectivity index (χ4n) is 2.86. The second kappa shape index (κ2) is 7.74. The van der Waals surface area contributed by atoms with Gasteiger partial charge in [0, 0.05) is 18.0 Å². The molecule has 1 aromatic carbocycles. The number of aromatic amines is 1. The van der Waals surface area contributed by atoms with Crippen molar-refractivity contribution in [1.29, 1.82) is 0 Å². The van der Waals surface area contributed by atoms with Crippen LogP contribution in [-0.4, -0.2) is 19.1 Å². The first-order valence-electron chi connectivity index (χ1n) is 8.55. The van der Waals surface area contributed by atoms with E-state index >= 15 is 0 Å². The highest BCUT2D eigenvalue weighted by atomic mass is 32.2. The van der Waals surface area contributed by atoms with E-state index in [2.05, 4.69) is 16.9 Å². The van der Waals surface area contributed by atoms with Gasteiger partial charge in [0.15, 0.2) is 11.2 Å². The Hall–Kier alpha value is -2.28.